The first-order valence-electron chi connectivity index (χ1n) is 7.03. The summed E-state index contributed by atoms with van der Waals surface area (Å²) in [4.78, 5) is 6.93. The van der Waals surface area contributed by atoms with Gasteiger partial charge in [-0.25, -0.2) is 4.98 Å². The summed E-state index contributed by atoms with van der Waals surface area (Å²) >= 11 is 12.2. The standard InChI is InChI=1S/C17H17Cl2N3/c1-11-6-7-22-15(10-21(2)3)17(20-16(22)8-11)12-4-5-13(18)14(19)9-12/h4-9H,10H2,1-3H3. The van der Waals surface area contributed by atoms with Gasteiger partial charge in [0.05, 0.1) is 21.4 Å². The molecule has 0 saturated carbocycles. The Morgan fingerprint density at radius 2 is 1.86 bits per heavy atom. The maximum atomic E-state index is 6.17. The molecule has 3 rings (SSSR count). The zero-order chi connectivity index (χ0) is 15.9. The largest absolute Gasteiger partial charge is 0.304 e. The normalized spacial score (nSPS) is 11.5. The average molecular weight is 334 g/mol. The first kappa shape index (κ1) is 15.3. The molecule has 0 saturated heterocycles. The van der Waals surface area contributed by atoms with E-state index in [-0.39, 0.29) is 0 Å². The third-order valence-electron chi connectivity index (χ3n) is 3.54. The molecule has 1 aromatic carbocycles. The minimum Gasteiger partial charge on any atom is -0.304 e. The van der Waals surface area contributed by atoms with E-state index in [1.807, 2.05) is 32.3 Å². The molecule has 0 spiro atoms. The van der Waals surface area contributed by atoms with Crippen molar-refractivity contribution in [3.05, 3.63) is 57.8 Å². The minimum atomic E-state index is 0.545. The summed E-state index contributed by atoms with van der Waals surface area (Å²) in [6.45, 7) is 2.86. The van der Waals surface area contributed by atoms with Crippen LogP contribution in [0.5, 0.6) is 0 Å². The molecule has 0 amide bonds. The van der Waals surface area contributed by atoms with Gasteiger partial charge < -0.3 is 9.30 Å². The van der Waals surface area contributed by atoms with Crippen molar-refractivity contribution in [2.75, 3.05) is 14.1 Å². The molecule has 0 aliphatic heterocycles. The lowest BCUT2D eigenvalue weighted by molar-refractivity contribution is 0.396. The lowest BCUT2D eigenvalue weighted by Gasteiger charge is -2.12. The van der Waals surface area contributed by atoms with Gasteiger partial charge in [-0.15, -0.1) is 0 Å². The summed E-state index contributed by atoms with van der Waals surface area (Å²) in [6, 6.07) is 9.82. The van der Waals surface area contributed by atoms with Crippen LogP contribution in [0.1, 0.15) is 11.3 Å². The number of aromatic nitrogens is 2. The molecule has 2 heterocycles. The molecule has 0 fully saturated rings. The second-order valence-corrected chi connectivity index (χ2v) is 6.52. The number of nitrogens with zero attached hydrogens (tertiary/aromatic N) is 3. The van der Waals surface area contributed by atoms with Gasteiger partial charge in [-0.05, 0) is 50.8 Å². The van der Waals surface area contributed by atoms with Gasteiger partial charge >= 0.3 is 0 Å². The van der Waals surface area contributed by atoms with Gasteiger partial charge in [0.25, 0.3) is 0 Å². The number of fused-ring (bicyclic) bond motifs is 1. The third-order valence-corrected chi connectivity index (χ3v) is 4.28. The maximum Gasteiger partial charge on any atom is 0.137 e. The maximum absolute atomic E-state index is 6.17. The minimum absolute atomic E-state index is 0.545. The van der Waals surface area contributed by atoms with E-state index in [4.69, 9.17) is 28.2 Å². The highest BCUT2D eigenvalue weighted by atomic mass is 35.5. The van der Waals surface area contributed by atoms with Crippen molar-refractivity contribution in [3.63, 3.8) is 0 Å². The fourth-order valence-corrected chi connectivity index (χ4v) is 2.82. The lowest BCUT2D eigenvalue weighted by atomic mass is 10.1. The van der Waals surface area contributed by atoms with Crippen molar-refractivity contribution in [2.45, 2.75) is 13.5 Å². The molecule has 3 aromatic rings. The fourth-order valence-electron chi connectivity index (χ4n) is 2.52. The van der Waals surface area contributed by atoms with E-state index in [9.17, 15) is 0 Å². The number of rotatable bonds is 3. The van der Waals surface area contributed by atoms with Crippen molar-refractivity contribution in [1.29, 1.82) is 0 Å². The van der Waals surface area contributed by atoms with Gasteiger partial charge in [-0.2, -0.15) is 0 Å². The number of hydrogen-bond acceptors (Lipinski definition) is 2. The lowest BCUT2D eigenvalue weighted by Crippen LogP contribution is -2.13. The first-order valence-corrected chi connectivity index (χ1v) is 7.79. The molecule has 5 heteroatoms. The Morgan fingerprint density at radius 3 is 2.55 bits per heavy atom. The number of benzene rings is 1. The van der Waals surface area contributed by atoms with Gasteiger partial charge in [-0.1, -0.05) is 29.3 Å². The van der Waals surface area contributed by atoms with Crippen molar-refractivity contribution in [1.82, 2.24) is 14.3 Å². The number of halogens is 2. The second kappa shape index (κ2) is 5.92. The van der Waals surface area contributed by atoms with Gasteiger partial charge in [0, 0.05) is 18.3 Å². The molecule has 0 aliphatic rings. The van der Waals surface area contributed by atoms with Gasteiger partial charge in [0.15, 0.2) is 0 Å². The monoisotopic (exact) mass is 333 g/mol. The zero-order valence-corrected chi connectivity index (χ0v) is 14.3. The van der Waals surface area contributed by atoms with E-state index in [2.05, 4.69) is 34.6 Å². The highest BCUT2D eigenvalue weighted by molar-refractivity contribution is 6.42. The Morgan fingerprint density at radius 1 is 1.09 bits per heavy atom. The Balaban J connectivity index is 2.24. The van der Waals surface area contributed by atoms with E-state index >= 15 is 0 Å². The Hall–Kier alpha value is -1.55. The quantitative estimate of drug-likeness (QED) is 0.693. The molecule has 0 bridgehead atoms. The van der Waals surface area contributed by atoms with Gasteiger partial charge in [0.1, 0.15) is 5.65 Å². The molecule has 0 radical (unpaired) electrons. The number of aryl methyl sites for hydroxylation is 1. The van der Waals surface area contributed by atoms with Crippen molar-refractivity contribution < 1.29 is 0 Å². The first-order chi connectivity index (χ1) is 10.5. The van der Waals surface area contributed by atoms with Crippen LogP contribution in [0, 0.1) is 6.92 Å². The van der Waals surface area contributed by atoms with Crippen LogP contribution in [-0.4, -0.2) is 28.4 Å². The van der Waals surface area contributed by atoms with E-state index < -0.39 is 0 Å². The molecular formula is C17H17Cl2N3. The Kier molecular flexibility index (Phi) is 4.13. The number of imidazole rings is 1. The topological polar surface area (TPSA) is 20.5 Å². The van der Waals surface area contributed by atoms with Crippen LogP contribution >= 0.6 is 23.2 Å². The van der Waals surface area contributed by atoms with E-state index in [1.165, 1.54) is 5.56 Å². The van der Waals surface area contributed by atoms with E-state index in [1.54, 1.807) is 0 Å². The van der Waals surface area contributed by atoms with Crippen molar-refractivity contribution >= 4 is 28.8 Å². The highest BCUT2D eigenvalue weighted by Crippen LogP contribution is 2.31. The summed E-state index contributed by atoms with van der Waals surface area (Å²) in [5, 5.41) is 1.10. The molecule has 0 aliphatic carbocycles. The highest BCUT2D eigenvalue weighted by Gasteiger charge is 2.15. The zero-order valence-electron chi connectivity index (χ0n) is 12.8. The van der Waals surface area contributed by atoms with Crippen LogP contribution < -0.4 is 0 Å². The van der Waals surface area contributed by atoms with Crippen LogP contribution in [-0.2, 0) is 6.54 Å². The molecular weight excluding hydrogens is 317 g/mol. The van der Waals surface area contributed by atoms with E-state index in [0.29, 0.717) is 10.0 Å². The predicted molar refractivity (Wildman–Crippen MR) is 92.8 cm³/mol. The molecule has 114 valence electrons. The SMILES string of the molecule is Cc1ccn2c(CN(C)C)c(-c3ccc(Cl)c(Cl)c3)nc2c1. The Bertz CT molecular complexity index is 837. The summed E-state index contributed by atoms with van der Waals surface area (Å²) in [5.41, 5.74) is 5.19. The van der Waals surface area contributed by atoms with E-state index in [0.717, 1.165) is 29.1 Å². The number of hydrogen-bond donors (Lipinski definition) is 0. The van der Waals surface area contributed by atoms with Crippen LogP contribution in [0.25, 0.3) is 16.9 Å². The van der Waals surface area contributed by atoms with Crippen molar-refractivity contribution in [2.24, 2.45) is 0 Å². The summed E-state index contributed by atoms with van der Waals surface area (Å²) in [7, 11) is 4.10. The van der Waals surface area contributed by atoms with Gasteiger partial charge in [-0.3, -0.25) is 0 Å². The molecule has 0 unspecified atom stereocenters. The molecule has 3 nitrogen and oxygen atoms in total. The predicted octanol–water partition coefficient (Wildman–Crippen LogP) is 4.68. The summed E-state index contributed by atoms with van der Waals surface area (Å²) in [6.07, 6.45) is 2.07. The fraction of sp³-hybridized carbons (Fsp3) is 0.235. The second-order valence-electron chi connectivity index (χ2n) is 5.71. The molecule has 2 aromatic heterocycles. The van der Waals surface area contributed by atoms with Crippen molar-refractivity contribution in [3.8, 4) is 11.3 Å². The molecule has 0 atom stereocenters. The van der Waals surface area contributed by atoms with Crippen LogP contribution in [0.4, 0.5) is 0 Å². The van der Waals surface area contributed by atoms with Gasteiger partial charge in [0.2, 0.25) is 0 Å². The third kappa shape index (κ3) is 2.84. The summed E-state index contributed by atoms with van der Waals surface area (Å²) < 4.78 is 2.13. The molecule has 0 N–H and O–H groups in total. The summed E-state index contributed by atoms with van der Waals surface area (Å²) in [5.74, 6) is 0. The van der Waals surface area contributed by atoms with Crippen LogP contribution in [0.3, 0.4) is 0 Å². The smallest absolute Gasteiger partial charge is 0.137 e. The average Bonchev–Trinajstić information content (AvgIpc) is 2.79. The van der Waals surface area contributed by atoms with Crippen LogP contribution in [0.15, 0.2) is 36.5 Å². The Labute approximate surface area is 140 Å². The number of pyridine rings is 1. The molecule has 22 heavy (non-hydrogen) atoms. The van der Waals surface area contributed by atoms with Crippen LogP contribution in [0.2, 0.25) is 10.0 Å².